The second kappa shape index (κ2) is 7.14. The lowest BCUT2D eigenvalue weighted by Crippen LogP contribution is -2.36. The van der Waals surface area contributed by atoms with Crippen LogP contribution < -0.4 is 10.6 Å². The Bertz CT molecular complexity index is 615. The number of nitrogens with zero attached hydrogens (tertiary/aromatic N) is 1. The standard InChI is InChI=1S/C15H14FN3O2/c16-12-6-4-11(5-7-12)15(21)19-10-14(20)18-9-13-3-1-2-8-17-13/h1-8H,9-10H2,(H,18,20)(H,19,21). The van der Waals surface area contributed by atoms with E-state index in [1.165, 1.54) is 24.3 Å². The van der Waals surface area contributed by atoms with Gasteiger partial charge >= 0.3 is 0 Å². The SMILES string of the molecule is O=C(CNC(=O)c1ccc(F)cc1)NCc1ccccn1. The zero-order valence-electron chi connectivity index (χ0n) is 11.2. The van der Waals surface area contributed by atoms with Gasteiger partial charge in [-0.05, 0) is 36.4 Å². The first-order chi connectivity index (χ1) is 10.1. The summed E-state index contributed by atoms with van der Waals surface area (Å²) in [5.41, 5.74) is 1.03. The molecule has 0 radical (unpaired) electrons. The minimum Gasteiger partial charge on any atom is -0.349 e. The lowest BCUT2D eigenvalue weighted by atomic mass is 10.2. The average molecular weight is 287 g/mol. The zero-order valence-corrected chi connectivity index (χ0v) is 11.2. The van der Waals surface area contributed by atoms with Crippen LogP contribution >= 0.6 is 0 Å². The molecule has 2 aromatic rings. The summed E-state index contributed by atoms with van der Waals surface area (Å²) in [6.45, 7) is 0.148. The Morgan fingerprint density at radius 1 is 1.05 bits per heavy atom. The average Bonchev–Trinajstić information content (AvgIpc) is 2.52. The second-order valence-corrected chi connectivity index (χ2v) is 4.29. The molecule has 0 aliphatic rings. The molecule has 1 aromatic carbocycles. The number of hydrogen-bond acceptors (Lipinski definition) is 3. The maximum absolute atomic E-state index is 12.7. The van der Waals surface area contributed by atoms with E-state index in [1.807, 2.05) is 6.07 Å². The Hall–Kier alpha value is -2.76. The summed E-state index contributed by atoms with van der Waals surface area (Å²) in [7, 11) is 0. The predicted molar refractivity (Wildman–Crippen MR) is 74.8 cm³/mol. The number of halogens is 1. The maximum Gasteiger partial charge on any atom is 0.251 e. The highest BCUT2D eigenvalue weighted by molar-refractivity contribution is 5.96. The van der Waals surface area contributed by atoms with Crippen molar-refractivity contribution in [3.8, 4) is 0 Å². The number of benzene rings is 1. The van der Waals surface area contributed by atoms with E-state index >= 15 is 0 Å². The topological polar surface area (TPSA) is 71.1 Å². The Balaban J connectivity index is 1.76. The highest BCUT2D eigenvalue weighted by Crippen LogP contribution is 2.02. The third kappa shape index (κ3) is 4.68. The van der Waals surface area contributed by atoms with Crippen LogP contribution in [0.25, 0.3) is 0 Å². The molecule has 1 heterocycles. The van der Waals surface area contributed by atoms with Gasteiger partial charge in [0.05, 0.1) is 18.8 Å². The van der Waals surface area contributed by atoms with Gasteiger partial charge in [0.2, 0.25) is 5.91 Å². The molecule has 0 bridgehead atoms. The first-order valence-electron chi connectivity index (χ1n) is 6.35. The van der Waals surface area contributed by atoms with Crippen LogP contribution in [-0.2, 0) is 11.3 Å². The fourth-order valence-corrected chi connectivity index (χ4v) is 1.62. The van der Waals surface area contributed by atoms with Gasteiger partial charge in [0.15, 0.2) is 0 Å². The molecule has 0 saturated carbocycles. The quantitative estimate of drug-likeness (QED) is 0.870. The van der Waals surface area contributed by atoms with E-state index in [9.17, 15) is 14.0 Å². The molecule has 0 fully saturated rings. The van der Waals surface area contributed by atoms with Crippen LogP contribution in [0.4, 0.5) is 4.39 Å². The van der Waals surface area contributed by atoms with Crippen LogP contribution in [-0.4, -0.2) is 23.3 Å². The number of aromatic nitrogens is 1. The lowest BCUT2D eigenvalue weighted by molar-refractivity contribution is -0.120. The molecule has 1 aromatic heterocycles. The van der Waals surface area contributed by atoms with Gasteiger partial charge in [-0.1, -0.05) is 6.07 Å². The van der Waals surface area contributed by atoms with E-state index in [1.54, 1.807) is 18.3 Å². The molecule has 0 spiro atoms. The van der Waals surface area contributed by atoms with Crippen molar-refractivity contribution in [3.05, 3.63) is 65.7 Å². The van der Waals surface area contributed by atoms with Crippen molar-refractivity contribution in [1.82, 2.24) is 15.6 Å². The Morgan fingerprint density at radius 3 is 2.48 bits per heavy atom. The number of rotatable bonds is 5. The molecule has 21 heavy (non-hydrogen) atoms. The number of amides is 2. The minimum absolute atomic E-state index is 0.150. The molecule has 0 saturated heterocycles. The van der Waals surface area contributed by atoms with Gasteiger partial charge in [-0.25, -0.2) is 4.39 Å². The molecule has 2 amide bonds. The van der Waals surface area contributed by atoms with Crippen LogP contribution in [0.5, 0.6) is 0 Å². The van der Waals surface area contributed by atoms with E-state index in [2.05, 4.69) is 15.6 Å². The van der Waals surface area contributed by atoms with Crippen LogP contribution in [0.2, 0.25) is 0 Å². The molecule has 2 N–H and O–H groups in total. The summed E-state index contributed by atoms with van der Waals surface area (Å²) in [5, 5.41) is 5.10. The van der Waals surface area contributed by atoms with Crippen LogP contribution in [0.1, 0.15) is 16.1 Å². The van der Waals surface area contributed by atoms with Crippen LogP contribution in [0.3, 0.4) is 0 Å². The third-order valence-corrected chi connectivity index (χ3v) is 2.71. The summed E-state index contributed by atoms with van der Waals surface area (Å²) >= 11 is 0. The zero-order chi connectivity index (χ0) is 15.1. The fraction of sp³-hybridized carbons (Fsp3) is 0.133. The van der Waals surface area contributed by atoms with Crippen molar-refractivity contribution in [3.63, 3.8) is 0 Å². The van der Waals surface area contributed by atoms with Crippen molar-refractivity contribution in [2.45, 2.75) is 6.54 Å². The maximum atomic E-state index is 12.7. The van der Waals surface area contributed by atoms with E-state index in [4.69, 9.17) is 0 Å². The van der Waals surface area contributed by atoms with E-state index in [0.717, 1.165) is 5.69 Å². The van der Waals surface area contributed by atoms with E-state index in [0.29, 0.717) is 12.1 Å². The molecule has 6 heteroatoms. The van der Waals surface area contributed by atoms with Crippen LogP contribution in [0, 0.1) is 5.82 Å². The number of carbonyl (C=O) groups is 2. The molecule has 108 valence electrons. The molecule has 5 nitrogen and oxygen atoms in total. The predicted octanol–water partition coefficient (Wildman–Crippen LogP) is 1.27. The molecule has 0 atom stereocenters. The first kappa shape index (κ1) is 14.6. The van der Waals surface area contributed by atoms with Crippen LogP contribution in [0.15, 0.2) is 48.7 Å². The highest BCUT2D eigenvalue weighted by Gasteiger charge is 2.08. The summed E-state index contributed by atoms with van der Waals surface area (Å²) < 4.78 is 12.7. The molecule has 0 unspecified atom stereocenters. The van der Waals surface area contributed by atoms with Crippen molar-refractivity contribution in [2.75, 3.05) is 6.54 Å². The monoisotopic (exact) mass is 287 g/mol. The number of pyridine rings is 1. The van der Waals surface area contributed by atoms with E-state index < -0.39 is 11.7 Å². The Labute approximate surface area is 121 Å². The molecular weight excluding hydrogens is 273 g/mol. The highest BCUT2D eigenvalue weighted by atomic mass is 19.1. The van der Waals surface area contributed by atoms with Gasteiger partial charge in [0.25, 0.3) is 5.91 Å². The molecule has 0 aliphatic carbocycles. The summed E-state index contributed by atoms with van der Waals surface area (Å²) in [6, 6.07) is 10.5. The van der Waals surface area contributed by atoms with Gasteiger partial charge in [-0.2, -0.15) is 0 Å². The van der Waals surface area contributed by atoms with Crippen molar-refractivity contribution < 1.29 is 14.0 Å². The lowest BCUT2D eigenvalue weighted by Gasteiger charge is -2.06. The van der Waals surface area contributed by atoms with Gasteiger partial charge in [-0.15, -0.1) is 0 Å². The Kier molecular flexibility index (Phi) is 4.98. The fourth-order valence-electron chi connectivity index (χ4n) is 1.62. The molecular formula is C15H14FN3O2. The smallest absolute Gasteiger partial charge is 0.251 e. The molecule has 2 rings (SSSR count). The van der Waals surface area contributed by atoms with Gasteiger partial charge < -0.3 is 10.6 Å². The van der Waals surface area contributed by atoms with Crippen molar-refractivity contribution in [1.29, 1.82) is 0 Å². The summed E-state index contributed by atoms with van der Waals surface area (Å²) in [5.74, 6) is -1.17. The second-order valence-electron chi connectivity index (χ2n) is 4.29. The minimum atomic E-state index is -0.428. The summed E-state index contributed by atoms with van der Waals surface area (Å²) in [4.78, 5) is 27.4. The largest absolute Gasteiger partial charge is 0.349 e. The third-order valence-electron chi connectivity index (χ3n) is 2.71. The first-order valence-corrected chi connectivity index (χ1v) is 6.35. The molecule has 0 aliphatic heterocycles. The normalized spacial score (nSPS) is 9.95. The van der Waals surface area contributed by atoms with Crippen molar-refractivity contribution in [2.24, 2.45) is 0 Å². The van der Waals surface area contributed by atoms with Crippen molar-refractivity contribution >= 4 is 11.8 Å². The van der Waals surface area contributed by atoms with Gasteiger partial charge in [-0.3, -0.25) is 14.6 Å². The van der Waals surface area contributed by atoms with E-state index in [-0.39, 0.29) is 12.5 Å². The van der Waals surface area contributed by atoms with Gasteiger partial charge in [0, 0.05) is 11.8 Å². The Morgan fingerprint density at radius 2 is 1.81 bits per heavy atom. The number of hydrogen-bond donors (Lipinski definition) is 2. The summed E-state index contributed by atoms with van der Waals surface area (Å²) in [6.07, 6.45) is 1.64. The van der Waals surface area contributed by atoms with Gasteiger partial charge in [0.1, 0.15) is 5.82 Å². The number of carbonyl (C=O) groups excluding carboxylic acids is 2. The number of nitrogens with one attached hydrogen (secondary N) is 2.